The molecular formula is C13H18ClNO2. The molecule has 1 unspecified atom stereocenters. The van der Waals surface area contributed by atoms with Crippen LogP contribution >= 0.6 is 11.6 Å². The van der Waals surface area contributed by atoms with E-state index in [2.05, 4.69) is 0 Å². The van der Waals surface area contributed by atoms with Crippen LogP contribution < -0.4 is 10.5 Å². The third kappa shape index (κ3) is 1.92. The molecule has 0 radical (unpaired) electrons. The van der Waals surface area contributed by atoms with Crippen LogP contribution in [0.15, 0.2) is 12.1 Å². The van der Waals surface area contributed by atoms with Crippen LogP contribution in [0.1, 0.15) is 18.1 Å². The predicted molar refractivity (Wildman–Crippen MR) is 68.9 cm³/mol. The van der Waals surface area contributed by atoms with Crippen LogP contribution in [0.5, 0.6) is 5.75 Å². The van der Waals surface area contributed by atoms with E-state index in [1.165, 1.54) is 0 Å². The van der Waals surface area contributed by atoms with Crippen molar-refractivity contribution >= 4 is 11.6 Å². The van der Waals surface area contributed by atoms with Gasteiger partial charge in [0.05, 0.1) is 25.7 Å². The van der Waals surface area contributed by atoms with Gasteiger partial charge in [0.1, 0.15) is 5.75 Å². The minimum atomic E-state index is -0.166. The summed E-state index contributed by atoms with van der Waals surface area (Å²) in [6.07, 6.45) is 0. The lowest BCUT2D eigenvalue weighted by Gasteiger charge is -2.45. The molecule has 1 atom stereocenters. The molecule has 4 heteroatoms. The van der Waals surface area contributed by atoms with E-state index in [1.54, 1.807) is 7.11 Å². The van der Waals surface area contributed by atoms with Gasteiger partial charge in [-0.15, -0.1) is 0 Å². The average Bonchev–Trinajstić information content (AvgIpc) is 2.14. The van der Waals surface area contributed by atoms with Crippen LogP contribution in [0.3, 0.4) is 0 Å². The fraction of sp³-hybridized carbons (Fsp3) is 0.538. The van der Waals surface area contributed by atoms with Crippen LogP contribution in [0.4, 0.5) is 0 Å². The quantitative estimate of drug-likeness (QED) is 0.901. The molecule has 3 nitrogen and oxygen atoms in total. The molecule has 0 aliphatic carbocycles. The lowest BCUT2D eigenvalue weighted by Crippen LogP contribution is -2.57. The maximum absolute atomic E-state index is 6.13. The molecule has 0 amide bonds. The number of ether oxygens (including phenoxy) is 2. The highest BCUT2D eigenvalue weighted by Gasteiger charge is 2.46. The summed E-state index contributed by atoms with van der Waals surface area (Å²) < 4.78 is 10.8. The molecule has 2 N–H and O–H groups in total. The van der Waals surface area contributed by atoms with E-state index >= 15 is 0 Å². The monoisotopic (exact) mass is 255 g/mol. The standard InChI is InChI=1S/C13H18ClNO2/c1-8-4-10(14)5-11(12(8)16-3)13(9(2)15)6-17-7-13/h4-5,9H,6-7,15H2,1-3H3. The smallest absolute Gasteiger partial charge is 0.125 e. The van der Waals surface area contributed by atoms with E-state index in [1.807, 2.05) is 26.0 Å². The molecule has 0 spiro atoms. The molecule has 1 aliphatic heterocycles. The summed E-state index contributed by atoms with van der Waals surface area (Å²) in [5, 5.41) is 0.713. The molecule has 0 saturated carbocycles. The zero-order valence-electron chi connectivity index (χ0n) is 10.4. The summed E-state index contributed by atoms with van der Waals surface area (Å²) in [7, 11) is 1.67. The maximum Gasteiger partial charge on any atom is 0.125 e. The Bertz CT molecular complexity index is 428. The summed E-state index contributed by atoms with van der Waals surface area (Å²) in [4.78, 5) is 0. The number of nitrogens with two attached hydrogens (primary N) is 1. The minimum Gasteiger partial charge on any atom is -0.496 e. The second-order valence-corrected chi connectivity index (χ2v) is 5.18. The molecule has 0 aromatic heterocycles. The highest BCUT2D eigenvalue weighted by Crippen LogP contribution is 2.42. The number of benzene rings is 1. The Labute approximate surface area is 107 Å². The van der Waals surface area contributed by atoms with Crippen LogP contribution in [0.25, 0.3) is 0 Å². The first kappa shape index (κ1) is 12.7. The van der Waals surface area contributed by atoms with E-state index in [0.29, 0.717) is 18.2 Å². The maximum atomic E-state index is 6.13. The Kier molecular flexibility index (Phi) is 3.34. The van der Waals surface area contributed by atoms with Gasteiger partial charge in [0.2, 0.25) is 0 Å². The Morgan fingerprint density at radius 2 is 2.12 bits per heavy atom. The fourth-order valence-corrected chi connectivity index (χ4v) is 2.63. The molecule has 94 valence electrons. The van der Waals surface area contributed by atoms with Crippen molar-refractivity contribution in [2.45, 2.75) is 25.3 Å². The second-order valence-electron chi connectivity index (χ2n) is 4.74. The number of hydrogen-bond donors (Lipinski definition) is 1. The number of halogens is 1. The van der Waals surface area contributed by atoms with Crippen molar-refractivity contribution in [3.63, 3.8) is 0 Å². The normalized spacial score (nSPS) is 19.6. The molecular weight excluding hydrogens is 238 g/mol. The van der Waals surface area contributed by atoms with E-state index in [4.69, 9.17) is 26.8 Å². The number of methoxy groups -OCH3 is 1. The van der Waals surface area contributed by atoms with Crippen molar-refractivity contribution in [1.82, 2.24) is 0 Å². The van der Waals surface area contributed by atoms with Crippen LogP contribution in [0.2, 0.25) is 5.02 Å². The molecule has 1 heterocycles. The van der Waals surface area contributed by atoms with Gasteiger partial charge in [0.25, 0.3) is 0 Å². The van der Waals surface area contributed by atoms with Gasteiger partial charge in [-0.05, 0) is 31.5 Å². The first-order chi connectivity index (χ1) is 8.01. The highest BCUT2D eigenvalue weighted by atomic mass is 35.5. The van der Waals surface area contributed by atoms with Crippen molar-refractivity contribution in [2.75, 3.05) is 20.3 Å². The summed E-state index contributed by atoms with van der Waals surface area (Å²) >= 11 is 6.13. The summed E-state index contributed by atoms with van der Waals surface area (Å²) in [5.74, 6) is 0.870. The zero-order valence-corrected chi connectivity index (χ0v) is 11.2. The molecule has 0 bridgehead atoms. The molecule has 1 aromatic carbocycles. The van der Waals surface area contributed by atoms with E-state index in [-0.39, 0.29) is 11.5 Å². The summed E-state index contributed by atoms with van der Waals surface area (Å²) in [6.45, 7) is 5.24. The van der Waals surface area contributed by atoms with Crippen LogP contribution in [0, 0.1) is 6.92 Å². The van der Waals surface area contributed by atoms with Gasteiger partial charge in [-0.1, -0.05) is 11.6 Å². The molecule has 1 saturated heterocycles. The van der Waals surface area contributed by atoms with Gasteiger partial charge in [-0.25, -0.2) is 0 Å². The Morgan fingerprint density at radius 3 is 2.53 bits per heavy atom. The minimum absolute atomic E-state index is 0.00279. The number of rotatable bonds is 3. The number of aryl methyl sites for hydroxylation is 1. The van der Waals surface area contributed by atoms with Gasteiger partial charge in [0, 0.05) is 16.6 Å². The third-order valence-electron chi connectivity index (χ3n) is 3.57. The Balaban J connectivity index is 2.57. The first-order valence-corrected chi connectivity index (χ1v) is 6.07. The predicted octanol–water partition coefficient (Wildman–Crippen LogP) is 2.27. The van der Waals surface area contributed by atoms with E-state index in [9.17, 15) is 0 Å². The molecule has 1 aromatic rings. The van der Waals surface area contributed by atoms with Gasteiger partial charge in [0.15, 0.2) is 0 Å². The van der Waals surface area contributed by atoms with Gasteiger partial charge >= 0.3 is 0 Å². The van der Waals surface area contributed by atoms with Crippen molar-refractivity contribution in [1.29, 1.82) is 0 Å². The first-order valence-electron chi connectivity index (χ1n) is 5.69. The van der Waals surface area contributed by atoms with Crippen molar-refractivity contribution in [3.8, 4) is 5.75 Å². The lowest BCUT2D eigenvalue weighted by molar-refractivity contribution is -0.0710. The molecule has 2 rings (SSSR count). The van der Waals surface area contributed by atoms with Gasteiger partial charge in [-0.3, -0.25) is 0 Å². The molecule has 1 aliphatic rings. The van der Waals surface area contributed by atoms with Gasteiger partial charge in [-0.2, -0.15) is 0 Å². The van der Waals surface area contributed by atoms with Crippen LogP contribution in [-0.2, 0) is 10.2 Å². The fourth-order valence-electron chi connectivity index (χ4n) is 2.36. The molecule has 17 heavy (non-hydrogen) atoms. The SMILES string of the molecule is COc1c(C)cc(Cl)cc1C1(C(C)N)COC1. The lowest BCUT2D eigenvalue weighted by atomic mass is 9.72. The number of hydrogen-bond acceptors (Lipinski definition) is 3. The van der Waals surface area contributed by atoms with Crippen molar-refractivity contribution in [3.05, 3.63) is 28.3 Å². The largest absolute Gasteiger partial charge is 0.496 e. The van der Waals surface area contributed by atoms with Gasteiger partial charge < -0.3 is 15.2 Å². The van der Waals surface area contributed by atoms with Crippen molar-refractivity contribution < 1.29 is 9.47 Å². The topological polar surface area (TPSA) is 44.5 Å². The highest BCUT2D eigenvalue weighted by molar-refractivity contribution is 6.30. The summed E-state index contributed by atoms with van der Waals surface area (Å²) in [6, 6.07) is 3.85. The van der Waals surface area contributed by atoms with Crippen molar-refractivity contribution in [2.24, 2.45) is 5.73 Å². The molecule has 1 fully saturated rings. The Hall–Kier alpha value is -0.770. The van der Waals surface area contributed by atoms with Crippen LogP contribution in [-0.4, -0.2) is 26.4 Å². The zero-order chi connectivity index (χ0) is 12.6. The third-order valence-corrected chi connectivity index (χ3v) is 3.79. The summed E-state index contributed by atoms with van der Waals surface area (Å²) in [5.41, 5.74) is 8.04. The van der Waals surface area contributed by atoms with E-state index in [0.717, 1.165) is 16.9 Å². The Morgan fingerprint density at radius 1 is 1.47 bits per heavy atom. The second kappa shape index (κ2) is 4.48. The van der Waals surface area contributed by atoms with E-state index < -0.39 is 0 Å². The average molecular weight is 256 g/mol.